The lowest BCUT2D eigenvalue weighted by Gasteiger charge is -2.30. The van der Waals surface area contributed by atoms with E-state index in [2.05, 4.69) is 26.1 Å². The van der Waals surface area contributed by atoms with Crippen molar-refractivity contribution < 1.29 is 13.9 Å². The van der Waals surface area contributed by atoms with Crippen LogP contribution in [0.3, 0.4) is 0 Å². The van der Waals surface area contributed by atoms with Crippen LogP contribution in [0, 0.1) is 26.6 Å². The number of likely N-dealkylation sites (tertiary alicyclic amines) is 1. The van der Waals surface area contributed by atoms with Crippen LogP contribution in [0.1, 0.15) is 59.6 Å². The molecule has 0 bridgehead atoms. The molecule has 2 aromatic rings. The van der Waals surface area contributed by atoms with Gasteiger partial charge in [0.2, 0.25) is 0 Å². The minimum absolute atomic E-state index is 0.154. The van der Waals surface area contributed by atoms with E-state index in [9.17, 15) is 4.79 Å². The van der Waals surface area contributed by atoms with E-state index >= 15 is 4.39 Å². The maximum atomic E-state index is 15.1. The summed E-state index contributed by atoms with van der Waals surface area (Å²) in [5.74, 6) is 0.00805. The summed E-state index contributed by atoms with van der Waals surface area (Å²) in [4.78, 5) is 17.2. The molecule has 1 fully saturated rings. The molecule has 176 valence electrons. The van der Waals surface area contributed by atoms with Gasteiger partial charge in [0, 0.05) is 32.7 Å². The van der Waals surface area contributed by atoms with Crippen molar-refractivity contribution in [1.82, 2.24) is 9.80 Å². The third-order valence-electron chi connectivity index (χ3n) is 7.76. The molecule has 0 saturated carbocycles. The van der Waals surface area contributed by atoms with Gasteiger partial charge in [0.15, 0.2) is 11.6 Å². The second-order valence-electron chi connectivity index (χ2n) is 9.61. The Bertz CT molecular complexity index is 1120. The zero-order valence-corrected chi connectivity index (χ0v) is 20.2. The van der Waals surface area contributed by atoms with Crippen molar-refractivity contribution in [2.24, 2.45) is 0 Å². The van der Waals surface area contributed by atoms with E-state index in [1.807, 2.05) is 16.7 Å². The smallest absolute Gasteiger partial charge is 0.320 e. The maximum Gasteiger partial charge on any atom is 0.320 e. The molecule has 0 aliphatic carbocycles. The molecule has 33 heavy (non-hydrogen) atoms. The Balaban J connectivity index is 1.59. The Morgan fingerprint density at radius 1 is 1.03 bits per heavy atom. The van der Waals surface area contributed by atoms with Crippen molar-refractivity contribution in [3.63, 3.8) is 0 Å². The van der Waals surface area contributed by atoms with Gasteiger partial charge in [-0.15, -0.1) is 0 Å². The first kappa shape index (κ1) is 22.1. The highest BCUT2D eigenvalue weighted by Crippen LogP contribution is 2.45. The van der Waals surface area contributed by atoms with E-state index in [1.54, 1.807) is 6.07 Å². The van der Waals surface area contributed by atoms with Crippen molar-refractivity contribution in [1.29, 1.82) is 0 Å². The molecule has 0 unspecified atom stereocenters. The number of hydrogen-bond donors (Lipinski definition) is 1. The molecule has 2 amide bonds. The molecule has 1 saturated heterocycles. The maximum absolute atomic E-state index is 15.1. The van der Waals surface area contributed by atoms with Gasteiger partial charge < -0.3 is 19.9 Å². The van der Waals surface area contributed by atoms with Crippen LogP contribution in [0.25, 0.3) is 11.1 Å². The Hall–Kier alpha value is -2.76. The lowest BCUT2D eigenvalue weighted by atomic mass is 9.83. The molecular weight excluding hydrogens is 417 g/mol. The molecule has 0 aromatic heterocycles. The summed E-state index contributed by atoms with van der Waals surface area (Å²) in [6.07, 6.45) is 4.25. The number of benzene rings is 2. The van der Waals surface area contributed by atoms with E-state index in [1.165, 1.54) is 34.2 Å². The summed E-state index contributed by atoms with van der Waals surface area (Å²) in [6.45, 7) is 12.7. The molecule has 2 aromatic carbocycles. The number of halogens is 1. The second-order valence-corrected chi connectivity index (χ2v) is 9.61. The van der Waals surface area contributed by atoms with Crippen LogP contribution in [-0.2, 0) is 19.5 Å². The number of fused-ring (bicyclic) bond motifs is 2. The second kappa shape index (κ2) is 8.54. The van der Waals surface area contributed by atoms with Gasteiger partial charge in [-0.25, -0.2) is 9.18 Å². The van der Waals surface area contributed by atoms with Crippen molar-refractivity contribution in [3.8, 4) is 16.9 Å². The first-order chi connectivity index (χ1) is 15.9. The third-order valence-corrected chi connectivity index (χ3v) is 7.76. The normalized spacial score (nSPS) is 17.4. The largest absolute Gasteiger partial charge is 0.486 e. The summed E-state index contributed by atoms with van der Waals surface area (Å²) >= 11 is 0. The zero-order valence-electron chi connectivity index (χ0n) is 20.2. The summed E-state index contributed by atoms with van der Waals surface area (Å²) in [6, 6.07) is 1.79. The third kappa shape index (κ3) is 3.54. The Labute approximate surface area is 195 Å². The quantitative estimate of drug-likeness (QED) is 0.636. The molecule has 5 nitrogen and oxygen atoms in total. The summed E-state index contributed by atoms with van der Waals surface area (Å²) in [7, 11) is 0. The number of carbonyl (C=O) groups excluding carboxylic acids is 1. The SMILES string of the molecule is CCc1c(C)c2c(c(C)c1-c1cc(F)c3c(c1C)NCCO3)CN(C(=O)N1CCCCC1)C2. The molecule has 0 radical (unpaired) electrons. The molecule has 0 atom stereocenters. The molecule has 0 spiro atoms. The van der Waals surface area contributed by atoms with Crippen molar-refractivity contribution in [2.45, 2.75) is 66.5 Å². The van der Waals surface area contributed by atoms with Gasteiger partial charge in [-0.05, 0) is 97.0 Å². The van der Waals surface area contributed by atoms with Crippen LogP contribution >= 0.6 is 0 Å². The highest BCUT2D eigenvalue weighted by molar-refractivity contribution is 5.84. The van der Waals surface area contributed by atoms with Gasteiger partial charge in [0.1, 0.15) is 6.61 Å². The predicted molar refractivity (Wildman–Crippen MR) is 129 cm³/mol. The Morgan fingerprint density at radius 2 is 1.73 bits per heavy atom. The van der Waals surface area contributed by atoms with Gasteiger partial charge in [-0.2, -0.15) is 0 Å². The molecule has 3 aliphatic rings. The van der Waals surface area contributed by atoms with E-state index < -0.39 is 0 Å². The number of anilines is 1. The van der Waals surface area contributed by atoms with Gasteiger partial charge in [0.05, 0.1) is 5.69 Å². The average Bonchev–Trinajstić information content (AvgIpc) is 3.30. The predicted octanol–water partition coefficient (Wildman–Crippen LogP) is 5.71. The van der Waals surface area contributed by atoms with E-state index in [0.717, 1.165) is 54.7 Å². The minimum atomic E-state index is -0.320. The highest BCUT2D eigenvalue weighted by Gasteiger charge is 2.33. The molecular formula is C27H34FN3O2. The van der Waals surface area contributed by atoms with Crippen LogP contribution in [-0.4, -0.2) is 42.1 Å². The van der Waals surface area contributed by atoms with Crippen LogP contribution in [0.5, 0.6) is 5.75 Å². The fourth-order valence-corrected chi connectivity index (χ4v) is 5.96. The van der Waals surface area contributed by atoms with Gasteiger partial charge >= 0.3 is 6.03 Å². The summed E-state index contributed by atoms with van der Waals surface area (Å²) < 4.78 is 20.7. The van der Waals surface area contributed by atoms with E-state index in [0.29, 0.717) is 32.0 Å². The lowest BCUT2D eigenvalue weighted by molar-refractivity contribution is 0.143. The molecule has 3 aliphatic heterocycles. The molecule has 3 heterocycles. The topological polar surface area (TPSA) is 44.8 Å². The number of nitrogens with one attached hydrogen (secondary N) is 1. The number of carbonyl (C=O) groups is 1. The van der Waals surface area contributed by atoms with Gasteiger partial charge in [-0.3, -0.25) is 0 Å². The standard InChI is InChI=1S/C27H34FN3O2/c1-5-19-16(2)21-14-31(27(32)30-10-7-6-8-11-30)15-22(21)17(3)24(19)20-13-23(28)26-25(18(20)4)29-9-12-33-26/h13,29H,5-12,14-15H2,1-4H3. The number of ether oxygens (including phenoxy) is 1. The monoisotopic (exact) mass is 451 g/mol. The average molecular weight is 452 g/mol. The van der Waals surface area contributed by atoms with Crippen molar-refractivity contribution >= 4 is 11.7 Å². The minimum Gasteiger partial charge on any atom is -0.486 e. The first-order valence-corrected chi connectivity index (χ1v) is 12.3. The Kier molecular flexibility index (Phi) is 5.71. The number of hydrogen-bond acceptors (Lipinski definition) is 3. The molecule has 5 rings (SSSR count). The van der Waals surface area contributed by atoms with Crippen LogP contribution in [0.4, 0.5) is 14.9 Å². The number of urea groups is 1. The number of piperidine rings is 1. The van der Waals surface area contributed by atoms with Gasteiger partial charge in [0.25, 0.3) is 0 Å². The number of nitrogens with zero attached hydrogens (tertiary/aromatic N) is 2. The lowest BCUT2D eigenvalue weighted by Crippen LogP contribution is -2.43. The fourth-order valence-electron chi connectivity index (χ4n) is 5.96. The van der Waals surface area contributed by atoms with Gasteiger partial charge in [-0.1, -0.05) is 6.92 Å². The van der Waals surface area contributed by atoms with E-state index in [4.69, 9.17) is 4.74 Å². The highest BCUT2D eigenvalue weighted by atomic mass is 19.1. The molecule has 6 heteroatoms. The zero-order chi connectivity index (χ0) is 23.3. The summed E-state index contributed by atoms with van der Waals surface area (Å²) in [5, 5.41) is 3.34. The summed E-state index contributed by atoms with van der Waals surface area (Å²) in [5.41, 5.74) is 9.98. The fraction of sp³-hybridized carbons (Fsp3) is 0.519. The Morgan fingerprint density at radius 3 is 2.42 bits per heavy atom. The van der Waals surface area contributed by atoms with Crippen molar-refractivity contribution in [2.75, 3.05) is 31.6 Å². The van der Waals surface area contributed by atoms with Crippen LogP contribution in [0.15, 0.2) is 6.07 Å². The number of amides is 2. The van der Waals surface area contributed by atoms with E-state index in [-0.39, 0.29) is 11.8 Å². The van der Waals surface area contributed by atoms with Crippen molar-refractivity contribution in [3.05, 3.63) is 45.3 Å². The first-order valence-electron chi connectivity index (χ1n) is 12.3. The van der Waals surface area contributed by atoms with Crippen LogP contribution in [0.2, 0.25) is 0 Å². The number of rotatable bonds is 2. The van der Waals surface area contributed by atoms with Crippen LogP contribution < -0.4 is 10.1 Å². The molecule has 1 N–H and O–H groups in total.